The maximum atomic E-state index is 2.39. The molecule has 33 heavy (non-hydrogen) atoms. The van der Waals surface area contributed by atoms with Crippen molar-refractivity contribution in [2.24, 2.45) is 0 Å². The number of hydrogen-bond acceptors (Lipinski definition) is 1. The highest BCUT2D eigenvalue weighted by Crippen LogP contribution is 2.40. The highest BCUT2D eigenvalue weighted by atomic mass is 32.1. The lowest BCUT2D eigenvalue weighted by Crippen LogP contribution is -2.72. The number of hydrogen-bond donors (Lipinski definition) is 0. The molecule has 5 aromatic carbocycles. The Labute approximate surface area is 198 Å². The van der Waals surface area contributed by atoms with Gasteiger partial charge in [-0.05, 0) is 44.4 Å². The first-order chi connectivity index (χ1) is 16.3. The minimum absolute atomic E-state index is 1.37. The van der Waals surface area contributed by atoms with Gasteiger partial charge in [0, 0.05) is 20.2 Å². The van der Waals surface area contributed by atoms with Crippen LogP contribution in [0.3, 0.4) is 0 Å². The van der Waals surface area contributed by atoms with Crippen molar-refractivity contribution >= 4 is 60.3 Å². The van der Waals surface area contributed by atoms with Gasteiger partial charge in [-0.15, -0.1) is 11.3 Å². The zero-order chi connectivity index (χ0) is 22.0. The average molecular weight is 455 g/mol. The van der Waals surface area contributed by atoms with E-state index in [4.69, 9.17) is 0 Å². The van der Waals surface area contributed by atoms with Crippen LogP contribution in [0.15, 0.2) is 115 Å². The van der Waals surface area contributed by atoms with Crippen LogP contribution in [0.5, 0.6) is 0 Å². The second-order valence-electron chi connectivity index (χ2n) is 8.95. The van der Waals surface area contributed by atoms with Crippen molar-refractivity contribution in [2.75, 3.05) is 0 Å². The third-order valence-corrected chi connectivity index (χ3v) is 13.7. The van der Waals surface area contributed by atoms with Gasteiger partial charge < -0.3 is 0 Å². The summed E-state index contributed by atoms with van der Waals surface area (Å²) in [4.78, 5) is 0. The monoisotopic (exact) mass is 454 g/mol. The molecule has 0 radical (unpaired) electrons. The Kier molecular flexibility index (Phi) is 4.05. The smallest absolute Gasteiger partial charge is 0.135 e. The fourth-order valence-corrected chi connectivity index (χ4v) is 13.0. The molecule has 2 heterocycles. The standard InChI is InChI=1S/C31H22SSi/c1-21-11-10-17-25-26-19-20-27-24-16-8-9-18-28(24)33(22-12-4-2-5-13-22,23-14-6-3-7-15-23)31(27)30(26)32-29(21)25/h2-20H,1H3. The highest BCUT2D eigenvalue weighted by Gasteiger charge is 2.49. The predicted octanol–water partition coefficient (Wildman–Crippen LogP) is 5.72. The minimum atomic E-state index is -2.46. The van der Waals surface area contributed by atoms with E-state index in [1.165, 1.54) is 52.4 Å². The minimum Gasteiger partial charge on any atom is -0.135 e. The van der Waals surface area contributed by atoms with Crippen LogP contribution in [-0.4, -0.2) is 8.07 Å². The van der Waals surface area contributed by atoms with Crippen molar-refractivity contribution in [1.82, 2.24) is 0 Å². The molecule has 1 aromatic heterocycles. The van der Waals surface area contributed by atoms with Crippen LogP contribution in [-0.2, 0) is 0 Å². The van der Waals surface area contributed by atoms with Crippen LogP contribution < -0.4 is 20.7 Å². The zero-order valence-electron chi connectivity index (χ0n) is 18.4. The fourth-order valence-electron chi connectivity index (χ4n) is 5.92. The predicted molar refractivity (Wildman–Crippen MR) is 147 cm³/mol. The van der Waals surface area contributed by atoms with Gasteiger partial charge in [-0.3, -0.25) is 0 Å². The van der Waals surface area contributed by atoms with Gasteiger partial charge >= 0.3 is 0 Å². The molecule has 0 nitrogen and oxygen atoms in total. The first kappa shape index (κ1) is 19.0. The number of fused-ring (bicyclic) bond motifs is 7. The molecule has 0 amide bonds. The van der Waals surface area contributed by atoms with E-state index in [2.05, 4.69) is 122 Å². The lowest BCUT2D eigenvalue weighted by molar-refractivity contribution is 1.56. The fraction of sp³-hybridized carbons (Fsp3) is 0.0323. The molecule has 1 aliphatic rings. The molecule has 6 aromatic rings. The third-order valence-electron chi connectivity index (χ3n) is 7.27. The largest absolute Gasteiger partial charge is 0.182 e. The van der Waals surface area contributed by atoms with E-state index in [0.717, 1.165) is 0 Å². The molecule has 0 saturated carbocycles. The van der Waals surface area contributed by atoms with Crippen molar-refractivity contribution < 1.29 is 0 Å². The third kappa shape index (κ3) is 2.45. The van der Waals surface area contributed by atoms with E-state index in [1.54, 1.807) is 5.19 Å². The summed E-state index contributed by atoms with van der Waals surface area (Å²) in [5.74, 6) is 0. The molecule has 1 aliphatic heterocycles. The average Bonchev–Trinajstić information content (AvgIpc) is 3.40. The van der Waals surface area contributed by atoms with Gasteiger partial charge in [0.15, 0.2) is 8.07 Å². The molecule has 7 rings (SSSR count). The first-order valence-corrected chi connectivity index (χ1v) is 14.3. The van der Waals surface area contributed by atoms with E-state index >= 15 is 0 Å². The Bertz CT molecular complexity index is 1620. The molecule has 0 fully saturated rings. The first-order valence-electron chi connectivity index (χ1n) is 11.5. The lowest BCUT2D eigenvalue weighted by Gasteiger charge is -2.31. The molecule has 0 aliphatic carbocycles. The van der Waals surface area contributed by atoms with Gasteiger partial charge in [0.2, 0.25) is 0 Å². The molecule has 156 valence electrons. The molecule has 2 heteroatoms. The topological polar surface area (TPSA) is 0 Å². The molecular weight excluding hydrogens is 432 g/mol. The Morgan fingerprint density at radius 2 is 1.15 bits per heavy atom. The van der Waals surface area contributed by atoms with Crippen molar-refractivity contribution in [1.29, 1.82) is 0 Å². The summed E-state index contributed by atoms with van der Waals surface area (Å²) in [6.07, 6.45) is 0. The highest BCUT2D eigenvalue weighted by molar-refractivity contribution is 7.31. The summed E-state index contributed by atoms with van der Waals surface area (Å²) >= 11 is 1.99. The molecule has 0 atom stereocenters. The summed E-state index contributed by atoms with van der Waals surface area (Å²) in [7, 11) is -2.46. The Morgan fingerprint density at radius 1 is 0.515 bits per heavy atom. The maximum Gasteiger partial charge on any atom is 0.182 e. The van der Waals surface area contributed by atoms with Gasteiger partial charge in [-0.2, -0.15) is 0 Å². The van der Waals surface area contributed by atoms with Gasteiger partial charge in [0.05, 0.1) is 0 Å². The second-order valence-corrected chi connectivity index (χ2v) is 13.7. The van der Waals surface area contributed by atoms with Gasteiger partial charge in [0.1, 0.15) is 0 Å². The van der Waals surface area contributed by atoms with E-state index in [9.17, 15) is 0 Å². The Balaban J connectivity index is 1.75. The molecule has 0 spiro atoms. The zero-order valence-corrected chi connectivity index (χ0v) is 20.2. The van der Waals surface area contributed by atoms with Gasteiger partial charge in [-0.25, -0.2) is 0 Å². The molecule has 0 N–H and O–H groups in total. The SMILES string of the molecule is Cc1cccc2c1sc1c3c(ccc12)-c1ccccc1[Si]3(c1ccccc1)c1ccccc1. The van der Waals surface area contributed by atoms with Gasteiger partial charge in [-0.1, -0.05) is 115 Å². The number of rotatable bonds is 2. The van der Waals surface area contributed by atoms with Crippen molar-refractivity contribution in [3.05, 3.63) is 121 Å². The van der Waals surface area contributed by atoms with Crippen molar-refractivity contribution in [3.63, 3.8) is 0 Å². The number of thiophene rings is 1. The van der Waals surface area contributed by atoms with E-state index in [0.29, 0.717) is 0 Å². The molecule has 0 unspecified atom stereocenters. The van der Waals surface area contributed by atoms with Crippen molar-refractivity contribution in [2.45, 2.75) is 6.92 Å². The summed E-state index contributed by atoms with van der Waals surface area (Å²) in [5, 5.41) is 8.79. The van der Waals surface area contributed by atoms with E-state index in [-0.39, 0.29) is 0 Å². The quantitative estimate of drug-likeness (QED) is 0.293. The Morgan fingerprint density at radius 3 is 1.88 bits per heavy atom. The number of aryl methyl sites for hydroxylation is 1. The summed E-state index contributed by atoms with van der Waals surface area (Å²) in [5.41, 5.74) is 4.19. The molecule has 0 bridgehead atoms. The van der Waals surface area contributed by atoms with E-state index in [1.807, 2.05) is 11.3 Å². The van der Waals surface area contributed by atoms with Crippen LogP contribution in [0.4, 0.5) is 0 Å². The van der Waals surface area contributed by atoms with Crippen LogP contribution in [0.2, 0.25) is 0 Å². The summed E-state index contributed by atoms with van der Waals surface area (Å²) < 4.78 is 2.88. The van der Waals surface area contributed by atoms with E-state index < -0.39 is 8.07 Å². The van der Waals surface area contributed by atoms with Gasteiger partial charge in [0.25, 0.3) is 0 Å². The summed E-state index contributed by atoms with van der Waals surface area (Å²) in [6, 6.07) is 43.2. The second kappa shape index (κ2) is 7.02. The summed E-state index contributed by atoms with van der Waals surface area (Å²) in [6.45, 7) is 2.24. The number of benzene rings is 5. The Hall–Kier alpha value is -3.46. The lowest BCUT2D eigenvalue weighted by atomic mass is 10.0. The van der Waals surface area contributed by atoms with Crippen LogP contribution >= 0.6 is 11.3 Å². The van der Waals surface area contributed by atoms with Crippen molar-refractivity contribution in [3.8, 4) is 11.1 Å². The normalized spacial score (nSPS) is 13.8. The molecule has 0 saturated heterocycles. The van der Waals surface area contributed by atoms with Crippen LogP contribution in [0.1, 0.15) is 5.56 Å². The van der Waals surface area contributed by atoms with Crippen LogP contribution in [0, 0.1) is 6.92 Å². The maximum absolute atomic E-state index is 2.46. The molecular formula is C31H22SSi. The van der Waals surface area contributed by atoms with Crippen LogP contribution in [0.25, 0.3) is 31.3 Å².